The lowest BCUT2D eigenvalue weighted by molar-refractivity contribution is -0.142. The number of benzene rings is 2. The van der Waals surface area contributed by atoms with Crippen molar-refractivity contribution in [3.05, 3.63) is 89.7 Å². The first-order chi connectivity index (χ1) is 14.6. The van der Waals surface area contributed by atoms with E-state index in [1.165, 1.54) is 7.05 Å². The smallest absolute Gasteiger partial charge is 0.410 e. The van der Waals surface area contributed by atoms with Crippen LogP contribution in [0.3, 0.4) is 0 Å². The summed E-state index contributed by atoms with van der Waals surface area (Å²) in [6.07, 6.45) is 2.72. The molecular formula is C24H22N2O4. The van der Waals surface area contributed by atoms with Crippen LogP contribution in [0.4, 0.5) is 4.79 Å². The van der Waals surface area contributed by atoms with Gasteiger partial charge in [0, 0.05) is 31.8 Å². The highest BCUT2D eigenvalue weighted by Gasteiger charge is 2.32. The second-order valence-electron chi connectivity index (χ2n) is 7.33. The fourth-order valence-electron chi connectivity index (χ4n) is 3.96. The average molecular weight is 402 g/mol. The Balaban J connectivity index is 1.48. The number of ether oxygens (including phenoxy) is 1. The zero-order valence-electron chi connectivity index (χ0n) is 16.6. The maximum atomic E-state index is 12.7. The van der Waals surface area contributed by atoms with Crippen molar-refractivity contribution in [2.24, 2.45) is 0 Å². The van der Waals surface area contributed by atoms with Gasteiger partial charge in [-0.3, -0.25) is 9.88 Å². The molecule has 30 heavy (non-hydrogen) atoms. The normalized spacial score (nSPS) is 13.2. The highest BCUT2D eigenvalue weighted by molar-refractivity contribution is 5.81. The van der Waals surface area contributed by atoms with Crippen LogP contribution in [-0.2, 0) is 16.0 Å². The topological polar surface area (TPSA) is 79.7 Å². The van der Waals surface area contributed by atoms with Gasteiger partial charge in [-0.25, -0.2) is 9.59 Å². The van der Waals surface area contributed by atoms with Gasteiger partial charge in [-0.15, -0.1) is 0 Å². The first-order valence-corrected chi connectivity index (χ1v) is 9.75. The second kappa shape index (κ2) is 8.37. The number of aliphatic carboxylic acids is 1. The zero-order chi connectivity index (χ0) is 21.1. The molecule has 1 heterocycles. The third-order valence-corrected chi connectivity index (χ3v) is 5.56. The van der Waals surface area contributed by atoms with Gasteiger partial charge in [-0.2, -0.15) is 0 Å². The summed E-state index contributed by atoms with van der Waals surface area (Å²) >= 11 is 0. The molecule has 2 aromatic carbocycles. The number of rotatable bonds is 6. The third-order valence-electron chi connectivity index (χ3n) is 5.56. The fourth-order valence-corrected chi connectivity index (χ4v) is 3.96. The summed E-state index contributed by atoms with van der Waals surface area (Å²) in [4.78, 5) is 29.5. The van der Waals surface area contributed by atoms with Gasteiger partial charge in [0.2, 0.25) is 0 Å². The Labute approximate surface area is 174 Å². The number of hydrogen-bond donors (Lipinski definition) is 1. The number of carbonyl (C=O) groups is 2. The van der Waals surface area contributed by atoms with Crippen LogP contribution in [-0.4, -0.2) is 46.7 Å². The highest BCUT2D eigenvalue weighted by atomic mass is 16.6. The molecule has 152 valence electrons. The molecule has 0 fully saturated rings. The lowest BCUT2D eigenvalue weighted by Gasteiger charge is -2.25. The van der Waals surface area contributed by atoms with Gasteiger partial charge in [0.15, 0.2) is 0 Å². The van der Waals surface area contributed by atoms with Crippen LogP contribution < -0.4 is 0 Å². The summed E-state index contributed by atoms with van der Waals surface area (Å²) in [5.41, 5.74) is 5.30. The first-order valence-electron chi connectivity index (χ1n) is 9.75. The van der Waals surface area contributed by atoms with Crippen molar-refractivity contribution >= 4 is 12.1 Å². The van der Waals surface area contributed by atoms with E-state index >= 15 is 0 Å². The molecule has 1 atom stereocenters. The minimum atomic E-state index is -1.08. The molecule has 1 amide bonds. The average Bonchev–Trinajstić information content (AvgIpc) is 3.09. The van der Waals surface area contributed by atoms with Crippen LogP contribution in [0.2, 0.25) is 0 Å². The van der Waals surface area contributed by atoms with Crippen molar-refractivity contribution in [3.8, 4) is 11.1 Å². The van der Waals surface area contributed by atoms with Crippen LogP contribution >= 0.6 is 0 Å². The number of pyridine rings is 1. The summed E-state index contributed by atoms with van der Waals surface area (Å²) in [6.45, 7) is 0.152. The number of fused-ring (bicyclic) bond motifs is 3. The summed E-state index contributed by atoms with van der Waals surface area (Å²) in [5, 5.41) is 9.63. The number of hydrogen-bond acceptors (Lipinski definition) is 4. The van der Waals surface area contributed by atoms with Gasteiger partial charge in [-0.1, -0.05) is 48.5 Å². The Morgan fingerprint density at radius 2 is 1.57 bits per heavy atom. The molecule has 3 aromatic rings. The third kappa shape index (κ3) is 3.76. The van der Waals surface area contributed by atoms with E-state index in [9.17, 15) is 14.7 Å². The van der Waals surface area contributed by atoms with E-state index in [0.29, 0.717) is 0 Å². The summed E-state index contributed by atoms with van der Waals surface area (Å²) in [5.74, 6) is -1.15. The number of nitrogens with zero attached hydrogens (tertiary/aromatic N) is 2. The predicted molar refractivity (Wildman–Crippen MR) is 112 cm³/mol. The number of amides is 1. The first kappa shape index (κ1) is 19.6. The number of carboxylic acid groups (broad SMARTS) is 1. The second-order valence-corrected chi connectivity index (χ2v) is 7.33. The molecule has 0 saturated heterocycles. The monoisotopic (exact) mass is 402 g/mol. The van der Waals surface area contributed by atoms with Gasteiger partial charge in [0.25, 0.3) is 0 Å². The molecule has 1 aliphatic rings. The Bertz CT molecular complexity index is 1020. The molecule has 6 nitrogen and oxygen atoms in total. The molecule has 1 N–H and O–H groups in total. The molecule has 1 aliphatic carbocycles. The summed E-state index contributed by atoms with van der Waals surface area (Å²) in [6, 6.07) is 18.6. The number of carbonyl (C=O) groups excluding carboxylic acids is 1. The van der Waals surface area contributed by atoms with E-state index in [2.05, 4.69) is 17.1 Å². The Kier molecular flexibility index (Phi) is 5.48. The Hall–Kier alpha value is -3.67. The minimum absolute atomic E-state index is 0.0711. The van der Waals surface area contributed by atoms with Gasteiger partial charge in [0.1, 0.15) is 12.6 Å². The lowest BCUT2D eigenvalue weighted by atomic mass is 9.98. The molecule has 0 bridgehead atoms. The number of aromatic nitrogens is 1. The Morgan fingerprint density at radius 1 is 1.00 bits per heavy atom. The molecule has 1 aromatic heterocycles. The van der Waals surface area contributed by atoms with E-state index < -0.39 is 18.1 Å². The summed E-state index contributed by atoms with van der Waals surface area (Å²) < 4.78 is 5.58. The zero-order valence-corrected chi connectivity index (χ0v) is 16.6. The van der Waals surface area contributed by atoms with Crippen LogP contribution in [0.5, 0.6) is 0 Å². The highest BCUT2D eigenvalue weighted by Crippen LogP contribution is 2.44. The fraction of sp³-hybridized carbons (Fsp3) is 0.208. The van der Waals surface area contributed by atoms with Gasteiger partial charge in [0.05, 0.1) is 0 Å². The Morgan fingerprint density at radius 3 is 2.13 bits per heavy atom. The van der Waals surface area contributed by atoms with Crippen molar-refractivity contribution in [2.45, 2.75) is 18.4 Å². The van der Waals surface area contributed by atoms with Gasteiger partial charge >= 0.3 is 12.1 Å². The van der Waals surface area contributed by atoms with Gasteiger partial charge in [-0.05, 0) is 39.9 Å². The van der Waals surface area contributed by atoms with Crippen LogP contribution in [0, 0.1) is 0 Å². The van der Waals surface area contributed by atoms with Gasteiger partial charge < -0.3 is 9.84 Å². The van der Waals surface area contributed by atoms with Crippen molar-refractivity contribution in [1.82, 2.24) is 9.88 Å². The van der Waals surface area contributed by atoms with E-state index in [-0.39, 0.29) is 18.9 Å². The maximum Gasteiger partial charge on any atom is 0.410 e. The number of carboxylic acids is 1. The molecule has 0 spiro atoms. The minimum Gasteiger partial charge on any atom is -0.480 e. The van der Waals surface area contributed by atoms with Crippen molar-refractivity contribution in [2.75, 3.05) is 13.7 Å². The van der Waals surface area contributed by atoms with E-state index in [0.717, 1.165) is 32.7 Å². The van der Waals surface area contributed by atoms with E-state index in [4.69, 9.17) is 4.74 Å². The SMILES string of the molecule is CN(C(=O)OCC1c2ccccc2-c2ccccc21)[C@H](Cc1ccncc1)C(=O)O. The summed E-state index contributed by atoms with van der Waals surface area (Å²) in [7, 11) is 1.46. The van der Waals surface area contributed by atoms with Crippen molar-refractivity contribution < 1.29 is 19.4 Å². The lowest BCUT2D eigenvalue weighted by Crippen LogP contribution is -2.44. The predicted octanol–water partition coefficient (Wildman–Crippen LogP) is 3.96. The van der Waals surface area contributed by atoms with E-state index in [1.54, 1.807) is 24.5 Å². The standard InChI is InChI=1S/C24H22N2O4/c1-26(22(23(27)28)14-16-10-12-25-13-11-16)24(29)30-15-21-19-8-4-2-6-17(19)18-7-3-5-9-20(18)21/h2-13,21-22H,14-15H2,1H3,(H,27,28)/t22-/m1/s1. The number of likely N-dealkylation sites (N-methyl/N-ethyl adjacent to an activating group) is 1. The molecule has 6 heteroatoms. The van der Waals surface area contributed by atoms with Crippen molar-refractivity contribution in [1.29, 1.82) is 0 Å². The molecule has 4 rings (SSSR count). The molecular weight excluding hydrogens is 380 g/mol. The molecule has 0 unspecified atom stereocenters. The molecule has 0 aliphatic heterocycles. The largest absolute Gasteiger partial charge is 0.480 e. The maximum absolute atomic E-state index is 12.7. The van der Waals surface area contributed by atoms with Crippen LogP contribution in [0.1, 0.15) is 22.6 Å². The van der Waals surface area contributed by atoms with Crippen molar-refractivity contribution in [3.63, 3.8) is 0 Å². The van der Waals surface area contributed by atoms with E-state index in [1.807, 2.05) is 36.4 Å². The molecule has 0 saturated carbocycles. The quantitative estimate of drug-likeness (QED) is 0.675. The molecule has 0 radical (unpaired) electrons. The van der Waals surface area contributed by atoms with Crippen LogP contribution in [0.25, 0.3) is 11.1 Å². The van der Waals surface area contributed by atoms with Crippen LogP contribution in [0.15, 0.2) is 73.1 Å².